The minimum atomic E-state index is -1.08. The third-order valence-corrected chi connectivity index (χ3v) is 4.35. The van der Waals surface area contributed by atoms with E-state index in [4.69, 9.17) is 0 Å². The maximum atomic E-state index is 13.1. The summed E-state index contributed by atoms with van der Waals surface area (Å²) >= 11 is 3.43. The Hall–Kier alpha value is -2.84. The highest BCUT2D eigenvalue weighted by Crippen LogP contribution is 2.29. The van der Waals surface area contributed by atoms with Gasteiger partial charge in [-0.1, -0.05) is 28.1 Å². The Kier molecular flexibility index (Phi) is 4.36. The molecule has 0 spiro atoms. The van der Waals surface area contributed by atoms with E-state index in [1.807, 2.05) is 18.2 Å². The Morgan fingerprint density at radius 1 is 1.08 bits per heavy atom. The van der Waals surface area contributed by atoms with Crippen LogP contribution in [0.15, 0.2) is 59.2 Å². The van der Waals surface area contributed by atoms with Crippen molar-refractivity contribution in [2.24, 2.45) is 0 Å². The molecule has 4 rings (SSSR count). The quantitative estimate of drug-likeness (QED) is 0.469. The third kappa shape index (κ3) is 3.29. The Bertz CT molecular complexity index is 1050. The van der Waals surface area contributed by atoms with E-state index in [1.165, 1.54) is 24.3 Å². The number of halogens is 2. The number of aromatic amines is 1. The summed E-state index contributed by atoms with van der Waals surface area (Å²) in [5.74, 6) is 0.950. The first-order valence-corrected chi connectivity index (χ1v) is 8.57. The van der Waals surface area contributed by atoms with Crippen molar-refractivity contribution in [1.29, 1.82) is 0 Å². The average Bonchev–Trinajstić information content (AvgIpc) is 3.14. The largest absolute Gasteiger partial charge is 0.380 e. The van der Waals surface area contributed by atoms with E-state index in [0.29, 0.717) is 22.7 Å². The Labute approximate surface area is 156 Å². The predicted octanol–water partition coefficient (Wildman–Crippen LogP) is 4.08. The molecule has 0 fully saturated rings. The van der Waals surface area contributed by atoms with Gasteiger partial charge < -0.3 is 10.4 Å². The summed E-state index contributed by atoms with van der Waals surface area (Å²) in [6, 6.07) is 13.0. The second kappa shape index (κ2) is 6.81. The van der Waals surface area contributed by atoms with Crippen LogP contribution in [0.4, 0.5) is 16.0 Å². The van der Waals surface area contributed by atoms with Crippen molar-refractivity contribution >= 4 is 38.5 Å². The molecular weight excluding hydrogens is 401 g/mol. The van der Waals surface area contributed by atoms with Crippen molar-refractivity contribution < 1.29 is 9.50 Å². The number of nitrogens with zero attached hydrogens (tertiary/aromatic N) is 3. The highest BCUT2D eigenvalue weighted by Gasteiger charge is 2.17. The maximum absolute atomic E-state index is 13.1. The van der Waals surface area contributed by atoms with Crippen LogP contribution in [0.3, 0.4) is 0 Å². The van der Waals surface area contributed by atoms with Crippen LogP contribution in [-0.4, -0.2) is 25.3 Å². The van der Waals surface area contributed by atoms with E-state index in [-0.39, 0.29) is 11.6 Å². The number of benzene rings is 2. The van der Waals surface area contributed by atoms with Gasteiger partial charge in [0.25, 0.3) is 0 Å². The van der Waals surface area contributed by atoms with E-state index < -0.39 is 6.10 Å². The Morgan fingerprint density at radius 2 is 1.88 bits per heavy atom. The molecule has 130 valence electrons. The maximum Gasteiger partial charge on any atom is 0.164 e. The van der Waals surface area contributed by atoms with Crippen LogP contribution in [0.1, 0.15) is 17.5 Å². The fourth-order valence-corrected chi connectivity index (χ4v) is 2.93. The molecule has 0 saturated heterocycles. The first-order chi connectivity index (χ1) is 12.6. The van der Waals surface area contributed by atoms with Gasteiger partial charge in [-0.25, -0.2) is 14.4 Å². The molecule has 0 aliphatic heterocycles. The van der Waals surface area contributed by atoms with E-state index >= 15 is 0 Å². The summed E-state index contributed by atoms with van der Waals surface area (Å²) in [5.41, 5.74) is 1.16. The number of aromatic nitrogens is 4. The molecule has 2 aromatic carbocycles. The van der Waals surface area contributed by atoms with Gasteiger partial charge in [-0.15, -0.1) is 0 Å². The second-order valence-corrected chi connectivity index (χ2v) is 6.55. The molecule has 6 nitrogen and oxygen atoms in total. The van der Waals surface area contributed by atoms with E-state index in [1.54, 1.807) is 12.3 Å². The summed E-state index contributed by atoms with van der Waals surface area (Å²) < 4.78 is 14.0. The van der Waals surface area contributed by atoms with Gasteiger partial charge in [0.05, 0.1) is 5.52 Å². The molecule has 26 heavy (non-hydrogen) atoms. The number of hydrogen-bond acceptors (Lipinski definition) is 5. The average molecular weight is 414 g/mol. The normalized spacial score (nSPS) is 12.3. The molecule has 0 amide bonds. The summed E-state index contributed by atoms with van der Waals surface area (Å²) in [6.45, 7) is 0. The monoisotopic (exact) mass is 413 g/mol. The second-order valence-electron chi connectivity index (χ2n) is 5.63. The standard InChI is InChI=1S/C18H13BrFN5O/c19-11-3-6-13-14(9-11)22-18(16(26)10-1-4-12(20)5-2-10)24-17(13)23-15-7-8-21-25-15/h1-9,16,26H,(H2,21,22,23,24,25)/t16-/m1/s1. The van der Waals surface area contributed by atoms with Gasteiger partial charge >= 0.3 is 0 Å². The van der Waals surface area contributed by atoms with Crippen molar-refractivity contribution in [2.45, 2.75) is 6.10 Å². The fourth-order valence-electron chi connectivity index (χ4n) is 2.58. The van der Waals surface area contributed by atoms with Gasteiger partial charge in [-0.3, -0.25) is 5.10 Å². The number of aliphatic hydroxyl groups excluding tert-OH is 1. The van der Waals surface area contributed by atoms with Crippen molar-refractivity contribution in [1.82, 2.24) is 20.2 Å². The smallest absolute Gasteiger partial charge is 0.164 e. The number of rotatable bonds is 4. The molecule has 0 aliphatic rings. The van der Waals surface area contributed by atoms with Gasteiger partial charge in [-0.2, -0.15) is 5.10 Å². The van der Waals surface area contributed by atoms with E-state index in [0.717, 1.165) is 9.86 Å². The molecule has 1 atom stereocenters. The topological polar surface area (TPSA) is 86.7 Å². The summed E-state index contributed by atoms with van der Waals surface area (Å²) in [7, 11) is 0. The molecular formula is C18H13BrFN5O. The van der Waals surface area contributed by atoms with Crippen LogP contribution in [0.5, 0.6) is 0 Å². The van der Waals surface area contributed by atoms with Crippen LogP contribution in [0, 0.1) is 5.82 Å². The number of nitrogens with one attached hydrogen (secondary N) is 2. The predicted molar refractivity (Wildman–Crippen MR) is 99.6 cm³/mol. The molecule has 0 bridgehead atoms. The van der Waals surface area contributed by atoms with Crippen LogP contribution in [-0.2, 0) is 0 Å². The highest BCUT2D eigenvalue weighted by atomic mass is 79.9. The Morgan fingerprint density at radius 3 is 2.62 bits per heavy atom. The molecule has 0 unspecified atom stereocenters. The molecule has 2 aromatic heterocycles. The molecule has 2 heterocycles. The number of aliphatic hydroxyl groups is 1. The molecule has 0 saturated carbocycles. The minimum Gasteiger partial charge on any atom is -0.380 e. The van der Waals surface area contributed by atoms with Crippen molar-refractivity contribution in [3.8, 4) is 0 Å². The Balaban J connectivity index is 1.82. The molecule has 0 aliphatic carbocycles. The zero-order valence-electron chi connectivity index (χ0n) is 13.3. The first kappa shape index (κ1) is 16.6. The van der Waals surface area contributed by atoms with Crippen molar-refractivity contribution in [2.75, 3.05) is 5.32 Å². The number of fused-ring (bicyclic) bond motifs is 1. The van der Waals surface area contributed by atoms with Crippen LogP contribution >= 0.6 is 15.9 Å². The van der Waals surface area contributed by atoms with Crippen molar-refractivity contribution in [3.05, 3.63) is 76.4 Å². The zero-order valence-corrected chi connectivity index (χ0v) is 14.9. The van der Waals surface area contributed by atoms with Gasteiger partial charge in [0.15, 0.2) is 11.6 Å². The zero-order chi connectivity index (χ0) is 18.1. The first-order valence-electron chi connectivity index (χ1n) is 7.78. The van der Waals surface area contributed by atoms with E-state index in [2.05, 4.69) is 41.4 Å². The summed E-state index contributed by atoms with van der Waals surface area (Å²) in [5, 5.41) is 21.4. The molecule has 0 radical (unpaired) electrons. The lowest BCUT2D eigenvalue weighted by Crippen LogP contribution is -2.08. The van der Waals surface area contributed by atoms with Crippen LogP contribution in [0.25, 0.3) is 10.9 Å². The van der Waals surface area contributed by atoms with Crippen LogP contribution in [0.2, 0.25) is 0 Å². The van der Waals surface area contributed by atoms with Crippen molar-refractivity contribution in [3.63, 3.8) is 0 Å². The number of H-pyrrole nitrogens is 1. The SMILES string of the molecule is O[C@H](c1ccc(F)cc1)c1nc(Nc2cc[nH]n2)c2ccc(Br)cc2n1. The van der Waals surface area contributed by atoms with Crippen LogP contribution < -0.4 is 5.32 Å². The number of hydrogen-bond donors (Lipinski definition) is 3. The van der Waals surface area contributed by atoms with Gasteiger partial charge in [0.2, 0.25) is 0 Å². The molecule has 8 heteroatoms. The molecule has 3 N–H and O–H groups in total. The van der Waals surface area contributed by atoms with Gasteiger partial charge in [0.1, 0.15) is 17.7 Å². The van der Waals surface area contributed by atoms with Gasteiger partial charge in [0, 0.05) is 22.1 Å². The third-order valence-electron chi connectivity index (χ3n) is 3.85. The lowest BCUT2D eigenvalue weighted by atomic mass is 10.1. The minimum absolute atomic E-state index is 0.209. The molecule has 4 aromatic rings. The summed E-state index contributed by atoms with van der Waals surface area (Å²) in [6.07, 6.45) is 0.607. The number of anilines is 2. The fraction of sp³-hybridized carbons (Fsp3) is 0.0556. The van der Waals surface area contributed by atoms with Gasteiger partial charge in [-0.05, 0) is 35.9 Å². The van der Waals surface area contributed by atoms with E-state index in [9.17, 15) is 9.50 Å². The lowest BCUT2D eigenvalue weighted by molar-refractivity contribution is 0.210. The highest BCUT2D eigenvalue weighted by molar-refractivity contribution is 9.10. The lowest BCUT2D eigenvalue weighted by Gasteiger charge is -2.14. The summed E-state index contributed by atoms with van der Waals surface area (Å²) in [4.78, 5) is 8.94.